The average Bonchev–Trinajstić information content (AvgIpc) is 3.19. The zero-order chi connectivity index (χ0) is 22.7. The molecule has 1 fully saturated rings. The lowest BCUT2D eigenvalue weighted by molar-refractivity contribution is -0.132. The van der Waals surface area contributed by atoms with Crippen molar-refractivity contribution in [2.24, 2.45) is 0 Å². The van der Waals surface area contributed by atoms with Crippen LogP contribution in [-0.4, -0.2) is 36.5 Å². The Morgan fingerprint density at radius 1 is 0.848 bits per heavy atom. The first-order valence-corrected chi connectivity index (χ1v) is 11.6. The van der Waals surface area contributed by atoms with Crippen molar-refractivity contribution in [3.05, 3.63) is 96.1 Å². The molecule has 3 amide bonds. The summed E-state index contributed by atoms with van der Waals surface area (Å²) in [5.41, 5.74) is 3.81. The van der Waals surface area contributed by atoms with Crippen LogP contribution in [0.4, 0.5) is 16.2 Å². The first kappa shape index (κ1) is 21.3. The number of urea groups is 1. The summed E-state index contributed by atoms with van der Waals surface area (Å²) in [5, 5.41) is 4.24. The molecule has 0 aliphatic carbocycles. The Morgan fingerprint density at radius 2 is 1.48 bits per heavy atom. The van der Waals surface area contributed by atoms with Gasteiger partial charge in [0.1, 0.15) is 0 Å². The standard InChI is InChI=1S/C28H28N3O2/c32-26(16-15-22-9-3-1-4-10-22)30-19-17-28(18-20-30,23-11-5-2-6-12-23)21-31-25-14-8-7-13-24(25)29-27(31)33/h1-14H,15-21H2. The van der Waals surface area contributed by atoms with Crippen LogP contribution in [0.1, 0.15) is 30.4 Å². The second-order valence-electron chi connectivity index (χ2n) is 8.98. The van der Waals surface area contributed by atoms with Crippen molar-refractivity contribution in [3.63, 3.8) is 0 Å². The van der Waals surface area contributed by atoms with Crippen molar-refractivity contribution in [2.45, 2.75) is 31.1 Å². The maximum Gasteiger partial charge on any atom is 0.348 e. The van der Waals surface area contributed by atoms with E-state index < -0.39 is 0 Å². The van der Waals surface area contributed by atoms with Gasteiger partial charge in [-0.1, -0.05) is 72.8 Å². The summed E-state index contributed by atoms with van der Waals surface area (Å²) >= 11 is 0. The Balaban J connectivity index is 1.32. The number of hydrogen-bond donors (Lipinski definition) is 0. The summed E-state index contributed by atoms with van der Waals surface area (Å²) in [4.78, 5) is 29.5. The van der Waals surface area contributed by atoms with Crippen LogP contribution in [0.3, 0.4) is 0 Å². The number of nitrogens with zero attached hydrogens (tertiary/aromatic N) is 3. The molecule has 0 N–H and O–H groups in total. The number of anilines is 1. The number of carbonyl (C=O) groups excluding carboxylic acids is 2. The van der Waals surface area contributed by atoms with Gasteiger partial charge in [0, 0.05) is 31.5 Å². The van der Waals surface area contributed by atoms with Crippen LogP contribution in [0.25, 0.3) is 0 Å². The molecule has 0 saturated carbocycles. The molecule has 2 heterocycles. The summed E-state index contributed by atoms with van der Waals surface area (Å²) in [7, 11) is 0. The molecule has 1 radical (unpaired) electrons. The van der Waals surface area contributed by atoms with Crippen LogP contribution in [0.5, 0.6) is 0 Å². The maximum absolute atomic E-state index is 12.9. The van der Waals surface area contributed by atoms with E-state index in [9.17, 15) is 9.59 Å². The van der Waals surface area contributed by atoms with Crippen molar-refractivity contribution < 1.29 is 9.59 Å². The smallest absolute Gasteiger partial charge is 0.343 e. The van der Waals surface area contributed by atoms with Crippen molar-refractivity contribution in [1.29, 1.82) is 0 Å². The minimum atomic E-state index is -0.208. The average molecular weight is 439 g/mol. The van der Waals surface area contributed by atoms with Crippen molar-refractivity contribution in [2.75, 3.05) is 24.5 Å². The van der Waals surface area contributed by atoms with E-state index in [1.165, 1.54) is 11.1 Å². The van der Waals surface area contributed by atoms with Crippen LogP contribution in [0.15, 0.2) is 84.9 Å². The fourth-order valence-corrected chi connectivity index (χ4v) is 5.08. The topological polar surface area (TPSA) is 54.7 Å². The second kappa shape index (κ2) is 9.10. The van der Waals surface area contributed by atoms with Gasteiger partial charge in [-0.05, 0) is 42.5 Å². The second-order valence-corrected chi connectivity index (χ2v) is 8.98. The number of rotatable bonds is 6. The Labute approximate surface area is 195 Å². The lowest BCUT2D eigenvalue weighted by Crippen LogP contribution is -2.51. The number of para-hydroxylation sites is 2. The molecule has 5 rings (SSSR count). The summed E-state index contributed by atoms with van der Waals surface area (Å²) in [6.45, 7) is 1.97. The fraction of sp³-hybridized carbons (Fsp3) is 0.286. The van der Waals surface area contributed by atoms with Gasteiger partial charge in [-0.15, -0.1) is 0 Å². The number of likely N-dealkylation sites (tertiary alicyclic amines) is 1. The van der Waals surface area contributed by atoms with Gasteiger partial charge in [-0.3, -0.25) is 9.69 Å². The van der Waals surface area contributed by atoms with E-state index in [1.807, 2.05) is 58.3 Å². The van der Waals surface area contributed by atoms with Crippen LogP contribution >= 0.6 is 0 Å². The summed E-state index contributed by atoms with van der Waals surface area (Å²) in [6.07, 6.45) is 2.93. The fourth-order valence-electron chi connectivity index (χ4n) is 5.08. The lowest BCUT2D eigenvalue weighted by Gasteiger charge is -2.44. The number of hydrogen-bond acceptors (Lipinski definition) is 2. The number of amides is 3. The largest absolute Gasteiger partial charge is 0.348 e. The number of piperidine rings is 1. The van der Waals surface area contributed by atoms with Crippen LogP contribution < -0.4 is 10.2 Å². The summed E-state index contributed by atoms with van der Waals surface area (Å²) in [5.74, 6) is 0.207. The molecule has 0 atom stereocenters. The van der Waals surface area contributed by atoms with E-state index in [2.05, 4.69) is 41.7 Å². The summed E-state index contributed by atoms with van der Waals surface area (Å²) in [6, 6.07) is 28.1. The van der Waals surface area contributed by atoms with Crippen molar-refractivity contribution in [3.8, 4) is 0 Å². The third-order valence-corrected chi connectivity index (χ3v) is 7.01. The van der Waals surface area contributed by atoms with Gasteiger partial charge in [0.25, 0.3) is 0 Å². The van der Waals surface area contributed by atoms with Gasteiger partial charge in [-0.2, -0.15) is 5.32 Å². The van der Waals surface area contributed by atoms with Crippen LogP contribution in [0.2, 0.25) is 0 Å². The molecule has 5 nitrogen and oxygen atoms in total. The minimum absolute atomic E-state index is 0.201. The van der Waals surface area contributed by atoms with Gasteiger partial charge < -0.3 is 4.90 Å². The quantitative estimate of drug-likeness (QED) is 0.540. The molecular weight excluding hydrogens is 410 g/mol. The molecule has 0 aromatic heterocycles. The molecule has 33 heavy (non-hydrogen) atoms. The lowest BCUT2D eigenvalue weighted by atomic mass is 9.72. The first-order chi connectivity index (χ1) is 16.1. The number of benzene rings is 3. The van der Waals surface area contributed by atoms with E-state index in [0.29, 0.717) is 26.1 Å². The molecule has 2 aliphatic rings. The Kier molecular flexibility index (Phi) is 5.86. The van der Waals surface area contributed by atoms with Crippen molar-refractivity contribution >= 4 is 23.3 Å². The van der Waals surface area contributed by atoms with E-state index in [0.717, 1.165) is 30.6 Å². The van der Waals surface area contributed by atoms with E-state index in [1.54, 1.807) is 0 Å². The van der Waals surface area contributed by atoms with Gasteiger partial charge in [0.15, 0.2) is 0 Å². The number of aryl methyl sites for hydroxylation is 1. The molecule has 0 spiro atoms. The van der Waals surface area contributed by atoms with Gasteiger partial charge in [-0.25, -0.2) is 4.79 Å². The molecule has 2 aliphatic heterocycles. The molecule has 0 unspecified atom stereocenters. The Bertz CT molecular complexity index is 1120. The molecule has 167 valence electrons. The van der Waals surface area contributed by atoms with Crippen LogP contribution in [0, 0.1) is 0 Å². The number of fused-ring (bicyclic) bond motifs is 1. The zero-order valence-electron chi connectivity index (χ0n) is 18.7. The molecule has 1 saturated heterocycles. The first-order valence-electron chi connectivity index (χ1n) is 11.6. The molecule has 5 heteroatoms. The summed E-state index contributed by atoms with van der Waals surface area (Å²) < 4.78 is 0. The highest BCUT2D eigenvalue weighted by Crippen LogP contribution is 2.41. The number of carbonyl (C=O) groups is 2. The minimum Gasteiger partial charge on any atom is -0.343 e. The highest BCUT2D eigenvalue weighted by atomic mass is 16.2. The van der Waals surface area contributed by atoms with E-state index in [-0.39, 0.29) is 17.4 Å². The van der Waals surface area contributed by atoms with E-state index in [4.69, 9.17) is 0 Å². The van der Waals surface area contributed by atoms with Gasteiger partial charge >= 0.3 is 6.03 Å². The molecular formula is C28H28N3O2. The molecule has 3 aromatic carbocycles. The highest BCUT2D eigenvalue weighted by molar-refractivity contribution is 6.04. The molecule has 3 aromatic rings. The molecule has 0 bridgehead atoms. The monoisotopic (exact) mass is 438 g/mol. The van der Waals surface area contributed by atoms with Gasteiger partial charge in [0.2, 0.25) is 5.91 Å². The predicted octanol–water partition coefficient (Wildman–Crippen LogP) is 5.06. The third-order valence-electron chi connectivity index (χ3n) is 7.01. The maximum atomic E-state index is 12.9. The van der Waals surface area contributed by atoms with Crippen LogP contribution in [-0.2, 0) is 16.6 Å². The normalized spacial score (nSPS) is 16.9. The zero-order valence-corrected chi connectivity index (χ0v) is 18.7. The Hall–Kier alpha value is -3.60. The highest BCUT2D eigenvalue weighted by Gasteiger charge is 2.42. The third kappa shape index (κ3) is 4.36. The predicted molar refractivity (Wildman–Crippen MR) is 130 cm³/mol. The Morgan fingerprint density at radius 3 is 2.21 bits per heavy atom. The van der Waals surface area contributed by atoms with Crippen molar-refractivity contribution in [1.82, 2.24) is 10.2 Å². The SMILES string of the molecule is O=C(CCc1ccccc1)N1CCC(CN2C(=O)[N]c3ccccc32)(c2ccccc2)CC1. The van der Waals surface area contributed by atoms with Gasteiger partial charge in [0.05, 0.1) is 11.4 Å². The van der Waals surface area contributed by atoms with E-state index >= 15 is 0 Å².